The van der Waals surface area contributed by atoms with Gasteiger partial charge in [-0.2, -0.15) is 5.10 Å². The highest BCUT2D eigenvalue weighted by Crippen LogP contribution is 2.06. The molecule has 150 valence electrons. The Kier molecular flexibility index (Phi) is 6.12. The van der Waals surface area contributed by atoms with Crippen LogP contribution in [-0.4, -0.2) is 31.8 Å². The van der Waals surface area contributed by atoms with Gasteiger partial charge in [0.15, 0.2) is 0 Å². The monoisotopic (exact) mass is 399 g/mol. The van der Waals surface area contributed by atoms with Crippen molar-refractivity contribution >= 4 is 5.91 Å². The van der Waals surface area contributed by atoms with Crippen LogP contribution in [0, 0.1) is 5.82 Å². The normalized spacial score (nSPS) is 10.7. The van der Waals surface area contributed by atoms with Gasteiger partial charge in [-0.15, -0.1) is 0 Å². The fourth-order valence-corrected chi connectivity index (χ4v) is 2.70. The number of H-pyrrole nitrogens is 1. The molecule has 2 aromatic heterocycles. The maximum Gasteiger partial charge on any atom is 0.328 e. The molecule has 0 bridgehead atoms. The first-order valence-corrected chi connectivity index (χ1v) is 8.83. The molecule has 1 aromatic carbocycles. The maximum atomic E-state index is 13.8. The molecule has 2 heterocycles. The third-order valence-electron chi connectivity index (χ3n) is 4.21. The lowest BCUT2D eigenvalue weighted by atomic mass is 10.2. The Labute approximate surface area is 163 Å². The predicted octanol–water partition coefficient (Wildman–Crippen LogP) is 0.101. The fraction of sp³-hybridized carbons (Fsp3) is 0.211. The third kappa shape index (κ3) is 4.72. The second-order valence-electron chi connectivity index (χ2n) is 6.18. The van der Waals surface area contributed by atoms with E-state index in [-0.39, 0.29) is 29.8 Å². The van der Waals surface area contributed by atoms with Crippen molar-refractivity contribution in [2.45, 2.75) is 19.5 Å². The van der Waals surface area contributed by atoms with Crippen LogP contribution in [-0.2, 0) is 13.1 Å². The Morgan fingerprint density at radius 2 is 1.93 bits per heavy atom. The summed E-state index contributed by atoms with van der Waals surface area (Å²) >= 11 is 0. The molecule has 0 spiro atoms. The first-order chi connectivity index (χ1) is 14.0. The maximum absolute atomic E-state index is 13.8. The smallest absolute Gasteiger partial charge is 0.328 e. The molecule has 1 amide bonds. The second-order valence-corrected chi connectivity index (χ2v) is 6.18. The van der Waals surface area contributed by atoms with Crippen molar-refractivity contribution < 1.29 is 9.18 Å². The number of carbonyl (C=O) groups is 1. The van der Waals surface area contributed by atoms with E-state index in [1.165, 1.54) is 41.2 Å². The summed E-state index contributed by atoms with van der Waals surface area (Å²) in [5.74, 6) is -1.24. The van der Waals surface area contributed by atoms with Gasteiger partial charge in [0.1, 0.15) is 11.4 Å². The van der Waals surface area contributed by atoms with E-state index < -0.39 is 23.0 Å². The Morgan fingerprint density at radius 1 is 1.14 bits per heavy atom. The Morgan fingerprint density at radius 3 is 2.69 bits per heavy atom. The van der Waals surface area contributed by atoms with Gasteiger partial charge >= 0.3 is 5.69 Å². The Hall–Kier alpha value is -3.82. The van der Waals surface area contributed by atoms with Crippen LogP contribution in [0.15, 0.2) is 63.2 Å². The van der Waals surface area contributed by atoms with E-state index in [0.29, 0.717) is 13.0 Å². The van der Waals surface area contributed by atoms with Crippen molar-refractivity contribution in [3.05, 3.63) is 96.9 Å². The number of aryl methyl sites for hydroxylation is 1. The number of aromatic nitrogens is 4. The number of nitrogens with zero attached hydrogens (tertiary/aromatic N) is 3. The van der Waals surface area contributed by atoms with Gasteiger partial charge in [0.05, 0.1) is 6.54 Å². The van der Waals surface area contributed by atoms with E-state index in [4.69, 9.17) is 0 Å². The number of hydrogen-bond acceptors (Lipinski definition) is 5. The lowest BCUT2D eigenvalue weighted by molar-refractivity contribution is 0.0950. The van der Waals surface area contributed by atoms with Crippen LogP contribution in [0.4, 0.5) is 4.39 Å². The summed E-state index contributed by atoms with van der Waals surface area (Å²) in [5.41, 5.74) is -1.94. The zero-order valence-corrected chi connectivity index (χ0v) is 15.3. The quantitative estimate of drug-likeness (QED) is 0.546. The first kappa shape index (κ1) is 19.9. The molecule has 0 saturated carbocycles. The number of carbonyl (C=O) groups excluding carboxylic acids is 1. The summed E-state index contributed by atoms with van der Waals surface area (Å²) in [4.78, 5) is 50.8. The lowest BCUT2D eigenvalue weighted by Gasteiger charge is -2.09. The van der Waals surface area contributed by atoms with Crippen molar-refractivity contribution in [1.29, 1.82) is 0 Å². The number of nitrogens with one attached hydrogen (secondary N) is 2. The van der Waals surface area contributed by atoms with Crippen molar-refractivity contribution in [2.24, 2.45) is 0 Å². The van der Waals surface area contributed by atoms with Crippen LogP contribution in [0.25, 0.3) is 0 Å². The van der Waals surface area contributed by atoms with Gasteiger partial charge in [-0.05, 0) is 18.6 Å². The number of rotatable bonds is 7. The molecular weight excluding hydrogens is 381 g/mol. The zero-order valence-electron chi connectivity index (χ0n) is 15.3. The molecule has 29 heavy (non-hydrogen) atoms. The van der Waals surface area contributed by atoms with E-state index >= 15 is 0 Å². The van der Waals surface area contributed by atoms with Gasteiger partial charge < -0.3 is 10.3 Å². The summed E-state index contributed by atoms with van der Waals surface area (Å²) < 4.78 is 15.9. The number of amides is 1. The highest BCUT2D eigenvalue weighted by atomic mass is 19.1. The molecule has 3 rings (SSSR count). The predicted molar refractivity (Wildman–Crippen MR) is 102 cm³/mol. The first-order valence-electron chi connectivity index (χ1n) is 8.83. The molecule has 0 aliphatic carbocycles. The van der Waals surface area contributed by atoms with Gasteiger partial charge in [-0.3, -0.25) is 19.0 Å². The van der Waals surface area contributed by atoms with Gasteiger partial charge in [0, 0.05) is 37.1 Å². The van der Waals surface area contributed by atoms with E-state index in [1.54, 1.807) is 6.07 Å². The standard InChI is InChI=1S/C19H18FN5O4/c20-15-6-2-1-5-13(15)12-24-18(28)14(11-22-19(24)29)17(27)21-8-4-10-25-16(26)7-3-9-23-25/h1-3,5-7,9,11H,4,8,10,12H2,(H,21,27)(H,22,29). The Bertz CT molecular complexity index is 1200. The van der Waals surface area contributed by atoms with E-state index in [9.17, 15) is 23.6 Å². The van der Waals surface area contributed by atoms with Gasteiger partial charge in [-0.25, -0.2) is 13.9 Å². The van der Waals surface area contributed by atoms with Crippen LogP contribution in [0.3, 0.4) is 0 Å². The van der Waals surface area contributed by atoms with Crippen LogP contribution in [0.2, 0.25) is 0 Å². The molecule has 0 saturated heterocycles. The topological polar surface area (TPSA) is 119 Å². The molecule has 0 fully saturated rings. The molecule has 0 aliphatic heterocycles. The third-order valence-corrected chi connectivity index (χ3v) is 4.21. The lowest BCUT2D eigenvalue weighted by Crippen LogP contribution is -2.41. The van der Waals surface area contributed by atoms with Crippen LogP contribution >= 0.6 is 0 Å². The SMILES string of the molecule is O=C(NCCCn1ncccc1=O)c1c[nH]c(=O)n(Cc2ccccc2F)c1=O. The number of hydrogen-bond donors (Lipinski definition) is 2. The van der Waals surface area contributed by atoms with Crippen molar-refractivity contribution in [3.63, 3.8) is 0 Å². The molecule has 2 N–H and O–H groups in total. The van der Waals surface area contributed by atoms with E-state index in [0.717, 1.165) is 10.8 Å². The largest absolute Gasteiger partial charge is 0.352 e. The minimum atomic E-state index is -0.824. The second kappa shape index (κ2) is 8.91. The number of aromatic amines is 1. The summed E-state index contributed by atoms with van der Waals surface area (Å²) in [6.07, 6.45) is 2.93. The average molecular weight is 399 g/mol. The Balaban J connectivity index is 1.69. The van der Waals surface area contributed by atoms with E-state index in [1.807, 2.05) is 0 Å². The van der Waals surface area contributed by atoms with Crippen molar-refractivity contribution in [1.82, 2.24) is 24.6 Å². The molecule has 0 aliphatic rings. The summed E-state index contributed by atoms with van der Waals surface area (Å²) in [6.45, 7) is 0.182. The highest BCUT2D eigenvalue weighted by Gasteiger charge is 2.15. The molecule has 0 radical (unpaired) electrons. The summed E-state index contributed by atoms with van der Waals surface area (Å²) in [6, 6.07) is 8.66. The molecule has 9 nitrogen and oxygen atoms in total. The molecule has 10 heteroatoms. The van der Waals surface area contributed by atoms with Gasteiger partial charge in [-0.1, -0.05) is 18.2 Å². The van der Waals surface area contributed by atoms with Gasteiger partial charge in [0.25, 0.3) is 17.0 Å². The summed E-state index contributed by atoms with van der Waals surface area (Å²) in [7, 11) is 0. The molecular formula is C19H18FN5O4. The van der Waals surface area contributed by atoms with E-state index in [2.05, 4.69) is 15.4 Å². The highest BCUT2D eigenvalue weighted by molar-refractivity contribution is 5.93. The van der Waals surface area contributed by atoms with Crippen LogP contribution < -0.4 is 22.1 Å². The molecule has 3 aromatic rings. The molecule has 0 atom stereocenters. The van der Waals surface area contributed by atoms with Gasteiger partial charge in [0.2, 0.25) is 0 Å². The van der Waals surface area contributed by atoms with Crippen LogP contribution in [0.5, 0.6) is 0 Å². The fourth-order valence-electron chi connectivity index (χ4n) is 2.70. The molecule has 0 unspecified atom stereocenters. The zero-order chi connectivity index (χ0) is 20.8. The number of halogens is 1. The minimum absolute atomic E-state index is 0.151. The van der Waals surface area contributed by atoms with Crippen molar-refractivity contribution in [2.75, 3.05) is 6.54 Å². The summed E-state index contributed by atoms with van der Waals surface area (Å²) in [5, 5.41) is 6.46. The van der Waals surface area contributed by atoms with Crippen molar-refractivity contribution in [3.8, 4) is 0 Å². The average Bonchev–Trinajstić information content (AvgIpc) is 2.71. The minimum Gasteiger partial charge on any atom is -0.352 e. The number of benzene rings is 1. The van der Waals surface area contributed by atoms with Crippen LogP contribution in [0.1, 0.15) is 22.3 Å².